The smallest absolute Gasteiger partial charge is 0.0505 e. The summed E-state index contributed by atoms with van der Waals surface area (Å²) in [4.78, 5) is 0. The van der Waals surface area contributed by atoms with Crippen LogP contribution in [-0.2, 0) is 0 Å². The summed E-state index contributed by atoms with van der Waals surface area (Å²) in [5, 5.41) is 3.66. The van der Waals surface area contributed by atoms with E-state index in [1.54, 1.807) is 0 Å². The summed E-state index contributed by atoms with van der Waals surface area (Å²) in [6, 6.07) is 11.6. The first-order valence-corrected chi connectivity index (χ1v) is 5.83. The van der Waals surface area contributed by atoms with Gasteiger partial charge in [0.25, 0.3) is 0 Å². The lowest BCUT2D eigenvalue weighted by atomic mass is 10.1. The Morgan fingerprint density at radius 1 is 1.20 bits per heavy atom. The molecule has 0 aromatic heterocycles. The molecule has 0 bridgehead atoms. The van der Waals surface area contributed by atoms with E-state index in [0.717, 1.165) is 0 Å². The first kappa shape index (κ1) is 10.4. The van der Waals surface area contributed by atoms with Gasteiger partial charge in [0, 0.05) is 6.04 Å². The van der Waals surface area contributed by atoms with E-state index in [0.29, 0.717) is 12.1 Å². The summed E-state index contributed by atoms with van der Waals surface area (Å²) < 4.78 is 0. The van der Waals surface area contributed by atoms with Gasteiger partial charge in [-0.15, -0.1) is 6.58 Å². The molecule has 0 aliphatic heterocycles. The summed E-state index contributed by atoms with van der Waals surface area (Å²) in [5.74, 6) is 0. The van der Waals surface area contributed by atoms with Crippen LogP contribution in [0.15, 0.2) is 43.0 Å². The van der Waals surface area contributed by atoms with Gasteiger partial charge in [0.05, 0.1) is 6.04 Å². The highest BCUT2D eigenvalue weighted by Crippen LogP contribution is 2.22. The SMILES string of the molecule is C=CC(NC1CCCC1)c1ccccc1. The summed E-state index contributed by atoms with van der Waals surface area (Å²) in [5.41, 5.74) is 1.32. The Morgan fingerprint density at radius 2 is 1.87 bits per heavy atom. The standard InChI is InChI=1S/C14H19N/c1-2-14(12-8-4-3-5-9-12)15-13-10-6-7-11-13/h2-5,8-9,13-15H,1,6-7,10-11H2. The van der Waals surface area contributed by atoms with E-state index in [2.05, 4.69) is 42.2 Å². The van der Waals surface area contributed by atoms with Crippen LogP contribution in [0.4, 0.5) is 0 Å². The molecule has 1 nitrogen and oxygen atoms in total. The number of nitrogens with one attached hydrogen (secondary N) is 1. The Bertz CT molecular complexity index is 298. The highest BCUT2D eigenvalue weighted by Gasteiger charge is 2.17. The largest absolute Gasteiger partial charge is 0.304 e. The third kappa shape index (κ3) is 2.69. The zero-order valence-corrected chi connectivity index (χ0v) is 9.15. The molecule has 0 heterocycles. The lowest BCUT2D eigenvalue weighted by Crippen LogP contribution is -2.29. The molecule has 1 saturated carbocycles. The second-order valence-electron chi connectivity index (χ2n) is 4.27. The molecule has 0 saturated heterocycles. The van der Waals surface area contributed by atoms with Crippen LogP contribution in [-0.4, -0.2) is 6.04 Å². The Hall–Kier alpha value is -1.08. The van der Waals surface area contributed by atoms with E-state index in [1.807, 2.05) is 6.08 Å². The van der Waals surface area contributed by atoms with Crippen LogP contribution >= 0.6 is 0 Å². The van der Waals surface area contributed by atoms with Crippen molar-refractivity contribution in [1.82, 2.24) is 5.32 Å². The third-order valence-corrected chi connectivity index (χ3v) is 3.16. The third-order valence-electron chi connectivity index (χ3n) is 3.16. The second kappa shape index (κ2) is 5.13. The van der Waals surface area contributed by atoms with Gasteiger partial charge < -0.3 is 5.32 Å². The summed E-state index contributed by atoms with van der Waals surface area (Å²) in [6.45, 7) is 3.92. The maximum absolute atomic E-state index is 3.92. The van der Waals surface area contributed by atoms with Gasteiger partial charge in [-0.25, -0.2) is 0 Å². The minimum Gasteiger partial charge on any atom is -0.304 e. The normalized spacial score (nSPS) is 18.9. The summed E-state index contributed by atoms with van der Waals surface area (Å²) >= 11 is 0. The molecule has 1 aliphatic rings. The number of rotatable bonds is 4. The molecule has 1 fully saturated rings. The lowest BCUT2D eigenvalue weighted by molar-refractivity contribution is 0.487. The van der Waals surface area contributed by atoms with Crippen LogP contribution in [0.3, 0.4) is 0 Å². The second-order valence-corrected chi connectivity index (χ2v) is 4.27. The van der Waals surface area contributed by atoms with Crippen molar-refractivity contribution in [1.29, 1.82) is 0 Å². The molecule has 1 heteroatoms. The van der Waals surface area contributed by atoms with Gasteiger partial charge in [0.15, 0.2) is 0 Å². The van der Waals surface area contributed by atoms with E-state index < -0.39 is 0 Å². The molecular formula is C14H19N. The highest BCUT2D eigenvalue weighted by molar-refractivity contribution is 5.22. The number of hydrogen-bond acceptors (Lipinski definition) is 1. The monoisotopic (exact) mass is 201 g/mol. The van der Waals surface area contributed by atoms with E-state index in [1.165, 1.54) is 31.2 Å². The average molecular weight is 201 g/mol. The Balaban J connectivity index is 2.01. The molecule has 0 spiro atoms. The molecule has 1 atom stereocenters. The maximum atomic E-state index is 3.92. The van der Waals surface area contributed by atoms with Crippen molar-refractivity contribution in [3.63, 3.8) is 0 Å². The fraction of sp³-hybridized carbons (Fsp3) is 0.429. The highest BCUT2D eigenvalue weighted by atomic mass is 14.9. The Labute approximate surface area is 92.2 Å². The van der Waals surface area contributed by atoms with Crippen molar-refractivity contribution in [3.8, 4) is 0 Å². The minimum atomic E-state index is 0.314. The van der Waals surface area contributed by atoms with E-state index in [9.17, 15) is 0 Å². The maximum Gasteiger partial charge on any atom is 0.0505 e. The van der Waals surface area contributed by atoms with Gasteiger partial charge >= 0.3 is 0 Å². The first-order chi connectivity index (χ1) is 7.40. The van der Waals surface area contributed by atoms with E-state index >= 15 is 0 Å². The van der Waals surface area contributed by atoms with Crippen LogP contribution in [0.25, 0.3) is 0 Å². The molecule has 2 rings (SSSR count). The number of benzene rings is 1. The van der Waals surface area contributed by atoms with Gasteiger partial charge in [-0.2, -0.15) is 0 Å². The fourth-order valence-corrected chi connectivity index (χ4v) is 2.31. The van der Waals surface area contributed by atoms with Gasteiger partial charge in [-0.1, -0.05) is 49.2 Å². The molecule has 1 aliphatic carbocycles. The average Bonchev–Trinajstić information content (AvgIpc) is 2.80. The Morgan fingerprint density at radius 3 is 2.47 bits per heavy atom. The molecule has 0 radical (unpaired) electrons. The van der Waals surface area contributed by atoms with Crippen LogP contribution in [0.5, 0.6) is 0 Å². The first-order valence-electron chi connectivity index (χ1n) is 5.83. The van der Waals surface area contributed by atoms with Crippen LogP contribution < -0.4 is 5.32 Å². The Kier molecular flexibility index (Phi) is 3.57. The topological polar surface area (TPSA) is 12.0 Å². The van der Waals surface area contributed by atoms with Crippen LogP contribution in [0, 0.1) is 0 Å². The van der Waals surface area contributed by atoms with Crippen molar-refractivity contribution in [2.75, 3.05) is 0 Å². The molecule has 80 valence electrons. The van der Waals surface area contributed by atoms with Crippen molar-refractivity contribution in [2.24, 2.45) is 0 Å². The van der Waals surface area contributed by atoms with Crippen molar-refractivity contribution < 1.29 is 0 Å². The quantitative estimate of drug-likeness (QED) is 0.736. The summed E-state index contributed by atoms with van der Waals surface area (Å²) in [7, 11) is 0. The van der Waals surface area contributed by atoms with Crippen molar-refractivity contribution in [2.45, 2.75) is 37.8 Å². The fourth-order valence-electron chi connectivity index (χ4n) is 2.31. The van der Waals surface area contributed by atoms with E-state index in [4.69, 9.17) is 0 Å². The number of hydrogen-bond donors (Lipinski definition) is 1. The molecule has 1 N–H and O–H groups in total. The molecule has 1 aromatic carbocycles. The predicted molar refractivity (Wildman–Crippen MR) is 64.8 cm³/mol. The van der Waals surface area contributed by atoms with E-state index in [-0.39, 0.29) is 0 Å². The zero-order chi connectivity index (χ0) is 10.5. The molecule has 15 heavy (non-hydrogen) atoms. The van der Waals surface area contributed by atoms with Gasteiger partial charge in [0.1, 0.15) is 0 Å². The lowest BCUT2D eigenvalue weighted by Gasteiger charge is -2.20. The molecule has 1 unspecified atom stereocenters. The van der Waals surface area contributed by atoms with Crippen molar-refractivity contribution >= 4 is 0 Å². The van der Waals surface area contributed by atoms with Gasteiger partial charge in [-0.3, -0.25) is 0 Å². The molecule has 0 amide bonds. The van der Waals surface area contributed by atoms with Crippen LogP contribution in [0.2, 0.25) is 0 Å². The van der Waals surface area contributed by atoms with Gasteiger partial charge in [-0.05, 0) is 18.4 Å². The minimum absolute atomic E-state index is 0.314. The predicted octanol–water partition coefficient (Wildman–Crippen LogP) is 3.45. The summed E-state index contributed by atoms with van der Waals surface area (Å²) in [6.07, 6.45) is 7.38. The molecular weight excluding hydrogens is 182 g/mol. The van der Waals surface area contributed by atoms with Gasteiger partial charge in [0.2, 0.25) is 0 Å². The molecule has 1 aromatic rings. The van der Waals surface area contributed by atoms with Crippen LogP contribution in [0.1, 0.15) is 37.3 Å². The zero-order valence-electron chi connectivity index (χ0n) is 9.15. The van der Waals surface area contributed by atoms with Crippen molar-refractivity contribution in [3.05, 3.63) is 48.6 Å².